The van der Waals surface area contributed by atoms with Gasteiger partial charge in [-0.25, -0.2) is 0 Å². The molecule has 1 heterocycles. The number of allylic oxidation sites excluding steroid dienone is 1. The molecule has 0 saturated carbocycles. The first-order valence-electron chi connectivity index (χ1n) is 8.71. The second-order valence-electron chi connectivity index (χ2n) is 9.21. The van der Waals surface area contributed by atoms with E-state index in [1.807, 2.05) is 0 Å². The summed E-state index contributed by atoms with van der Waals surface area (Å²) in [5, 5.41) is 0. The fourth-order valence-corrected chi connectivity index (χ4v) is 3.75. The quantitative estimate of drug-likeness (QED) is 0.684. The molecule has 1 unspecified atom stereocenters. The molecule has 0 spiro atoms. The monoisotopic (exact) mass is 342 g/mol. The van der Waals surface area contributed by atoms with Crippen molar-refractivity contribution in [1.82, 2.24) is 0 Å². The molecule has 1 fully saturated rings. The molecule has 0 amide bonds. The Morgan fingerprint density at radius 3 is 2.04 bits per heavy atom. The minimum atomic E-state index is -1.06. The first-order valence-corrected chi connectivity index (χ1v) is 11.1. The van der Waals surface area contributed by atoms with E-state index in [-0.39, 0.29) is 23.1 Å². The molecule has 1 atom stereocenters. The Bertz CT molecular complexity index is 461. The van der Waals surface area contributed by atoms with E-state index in [2.05, 4.69) is 67.1 Å². The lowest BCUT2D eigenvalue weighted by Gasteiger charge is -2.46. The smallest absolute Gasteiger partial charge is 0.400 e. The van der Waals surface area contributed by atoms with Crippen molar-refractivity contribution in [3.05, 3.63) is 11.5 Å². The molecule has 1 saturated heterocycles. The molecule has 0 aromatic heterocycles. The molecule has 0 N–H and O–H groups in total. The Balaban J connectivity index is 1.98. The number of hydrogen-bond donors (Lipinski definition) is 0. The lowest BCUT2D eigenvalue weighted by molar-refractivity contribution is 0.00578. The third-order valence-corrected chi connectivity index (χ3v) is 9.51. The average molecular weight is 342 g/mol. The van der Waals surface area contributed by atoms with Crippen molar-refractivity contribution in [1.29, 1.82) is 0 Å². The van der Waals surface area contributed by atoms with Crippen molar-refractivity contribution in [3.63, 3.8) is 0 Å². The van der Waals surface area contributed by atoms with Crippen LogP contribution in [0.1, 0.15) is 67.7 Å². The van der Waals surface area contributed by atoms with Crippen molar-refractivity contribution < 1.29 is 13.5 Å². The largest absolute Gasteiger partial charge is 0.490 e. The van der Waals surface area contributed by atoms with Crippen LogP contribution in [0.25, 0.3) is 0 Å². The summed E-state index contributed by atoms with van der Waals surface area (Å²) in [6.45, 7) is 15.3. The van der Waals surface area contributed by atoms with E-state index < -0.39 is 10.3 Å². The van der Waals surface area contributed by atoms with Gasteiger partial charge in [0.05, 0.1) is 17.3 Å². The Morgan fingerprint density at radius 1 is 1.13 bits per heavy atom. The van der Waals surface area contributed by atoms with E-state index in [0.29, 0.717) is 6.10 Å². The van der Waals surface area contributed by atoms with Crippen molar-refractivity contribution in [3.8, 4) is 0 Å². The molecule has 0 aromatic carbocycles. The Labute approximate surface area is 145 Å². The van der Waals surface area contributed by atoms with E-state index in [4.69, 9.17) is 13.5 Å². The van der Waals surface area contributed by atoms with Crippen molar-refractivity contribution in [2.75, 3.05) is 12.5 Å². The molecule has 3 nitrogen and oxygen atoms in total. The van der Waals surface area contributed by atoms with Crippen LogP contribution in [0.5, 0.6) is 0 Å². The van der Waals surface area contributed by atoms with Crippen molar-refractivity contribution in [2.24, 2.45) is 0 Å². The maximum Gasteiger partial charge on any atom is 0.490 e. The fraction of sp³-hybridized carbons (Fsp3) is 0.889. The van der Waals surface area contributed by atoms with Gasteiger partial charge in [0.1, 0.15) is 0 Å². The van der Waals surface area contributed by atoms with Crippen molar-refractivity contribution >= 4 is 17.4 Å². The van der Waals surface area contributed by atoms with Gasteiger partial charge in [0.2, 0.25) is 0 Å². The van der Waals surface area contributed by atoms with Gasteiger partial charge < -0.3 is 13.5 Å². The first kappa shape index (κ1) is 19.4. The summed E-state index contributed by atoms with van der Waals surface area (Å²) in [7, 11) is -1.25. The van der Waals surface area contributed by atoms with Gasteiger partial charge in [-0.2, -0.15) is 0 Å². The molecule has 134 valence electrons. The second kappa shape index (κ2) is 6.08. The van der Waals surface area contributed by atoms with Crippen LogP contribution >= 0.6 is 10.3 Å². The van der Waals surface area contributed by atoms with E-state index >= 15 is 0 Å². The normalized spacial score (nSPS) is 28.7. The molecular weight excluding hydrogens is 307 g/mol. The van der Waals surface area contributed by atoms with E-state index in [0.717, 1.165) is 19.3 Å². The maximum atomic E-state index is 6.49. The highest BCUT2D eigenvalue weighted by atomic mass is 32.3. The standard InChI is InChI=1S/C18H35BO3S/c1-16(2,3)23(8,9)20-15-12-10-14(11-13-15)19-21-17(4,5)18(6,7)22-19/h10,15H,11-13H2,1-9H3. The lowest BCUT2D eigenvalue weighted by atomic mass is 9.72. The van der Waals surface area contributed by atoms with Crippen LogP contribution < -0.4 is 0 Å². The molecule has 5 heteroatoms. The zero-order valence-corrected chi connectivity index (χ0v) is 17.3. The molecule has 23 heavy (non-hydrogen) atoms. The third-order valence-electron chi connectivity index (χ3n) is 5.81. The van der Waals surface area contributed by atoms with Gasteiger partial charge in [0, 0.05) is 4.75 Å². The SMILES string of the molecule is CC1(C)OB(C2=CCC(OS(C)(C)C(C)(C)C)CC2)OC1(C)C. The highest BCUT2D eigenvalue weighted by Gasteiger charge is 2.52. The van der Waals surface area contributed by atoms with Gasteiger partial charge in [0.25, 0.3) is 0 Å². The molecule has 1 aliphatic carbocycles. The third kappa shape index (κ3) is 4.00. The van der Waals surface area contributed by atoms with Crippen LogP contribution in [0, 0.1) is 0 Å². The van der Waals surface area contributed by atoms with Crippen LogP contribution in [0.4, 0.5) is 0 Å². The van der Waals surface area contributed by atoms with Crippen LogP contribution in [0.15, 0.2) is 11.5 Å². The van der Waals surface area contributed by atoms with Gasteiger partial charge in [0.15, 0.2) is 0 Å². The predicted octanol–water partition coefficient (Wildman–Crippen LogP) is 4.89. The molecular formula is C18H35BO3S. The molecule has 2 rings (SSSR count). The molecule has 1 aliphatic heterocycles. The van der Waals surface area contributed by atoms with E-state index in [1.54, 1.807) is 0 Å². The highest BCUT2D eigenvalue weighted by Crippen LogP contribution is 2.55. The molecule has 0 radical (unpaired) electrons. The maximum absolute atomic E-state index is 6.49. The number of hydrogen-bond acceptors (Lipinski definition) is 3. The van der Waals surface area contributed by atoms with Gasteiger partial charge >= 0.3 is 7.12 Å². The van der Waals surface area contributed by atoms with Crippen LogP contribution in [-0.2, 0) is 13.5 Å². The lowest BCUT2D eigenvalue weighted by Crippen LogP contribution is -2.41. The van der Waals surface area contributed by atoms with Crippen LogP contribution in [0.2, 0.25) is 0 Å². The zero-order valence-electron chi connectivity index (χ0n) is 16.5. The fourth-order valence-electron chi connectivity index (χ4n) is 2.61. The summed E-state index contributed by atoms with van der Waals surface area (Å²) in [4.78, 5) is 0. The van der Waals surface area contributed by atoms with Crippen molar-refractivity contribution in [2.45, 2.75) is 89.8 Å². The molecule has 2 aliphatic rings. The van der Waals surface area contributed by atoms with Gasteiger partial charge in [-0.15, -0.1) is 10.3 Å². The first-order chi connectivity index (χ1) is 10.3. The molecule has 0 bridgehead atoms. The summed E-state index contributed by atoms with van der Waals surface area (Å²) in [6, 6.07) is 0. The highest BCUT2D eigenvalue weighted by molar-refractivity contribution is 8.29. The van der Waals surface area contributed by atoms with Crippen LogP contribution in [0.3, 0.4) is 0 Å². The van der Waals surface area contributed by atoms with Gasteiger partial charge in [-0.3, -0.25) is 0 Å². The topological polar surface area (TPSA) is 27.7 Å². The summed E-state index contributed by atoms with van der Waals surface area (Å²) in [5.41, 5.74) is 0.765. The summed E-state index contributed by atoms with van der Waals surface area (Å²) >= 11 is 0. The van der Waals surface area contributed by atoms with E-state index in [9.17, 15) is 0 Å². The Hall–Kier alpha value is 0.0349. The summed E-state index contributed by atoms with van der Waals surface area (Å²) in [5.74, 6) is 0. The Morgan fingerprint density at radius 2 is 1.65 bits per heavy atom. The average Bonchev–Trinajstić information content (AvgIpc) is 2.57. The Kier molecular flexibility index (Phi) is 5.12. The zero-order chi connectivity index (χ0) is 17.7. The van der Waals surface area contributed by atoms with E-state index in [1.165, 1.54) is 5.47 Å². The minimum Gasteiger partial charge on any atom is -0.400 e. The minimum absolute atomic E-state index is 0.191. The predicted molar refractivity (Wildman–Crippen MR) is 102 cm³/mol. The summed E-state index contributed by atoms with van der Waals surface area (Å²) in [6.07, 6.45) is 10.2. The van der Waals surface area contributed by atoms with Gasteiger partial charge in [-0.1, -0.05) is 26.8 Å². The second-order valence-corrected chi connectivity index (χ2v) is 13.1. The number of rotatable bonds is 3. The van der Waals surface area contributed by atoms with Gasteiger partial charge in [-0.05, 0) is 64.9 Å². The molecule has 0 aromatic rings. The summed E-state index contributed by atoms with van der Waals surface area (Å²) < 4.78 is 19.0. The van der Waals surface area contributed by atoms with Crippen LogP contribution in [-0.4, -0.2) is 41.7 Å².